The molecule has 13 nitrogen and oxygen atoms in total. The number of benzene rings is 3. The summed E-state index contributed by atoms with van der Waals surface area (Å²) in [7, 11) is 7.95. The largest absolute Gasteiger partial charge is 0.491 e. The van der Waals surface area contributed by atoms with Gasteiger partial charge < -0.3 is 40.1 Å². The van der Waals surface area contributed by atoms with Crippen LogP contribution >= 0.6 is 0 Å². The lowest BCUT2D eigenvalue weighted by atomic mass is 9.45. The smallest absolute Gasteiger partial charge is 0.251 e. The number of hydroxylamine groups is 2. The van der Waals surface area contributed by atoms with E-state index >= 15 is 0 Å². The van der Waals surface area contributed by atoms with E-state index in [4.69, 9.17) is 14.3 Å². The predicted octanol–water partition coefficient (Wildman–Crippen LogP) is 4.69. The molecular formula is C50H72N6O7. The first-order chi connectivity index (χ1) is 30.1. The van der Waals surface area contributed by atoms with E-state index in [1.807, 2.05) is 81.6 Å². The number of carbonyl (C=O) groups is 2. The van der Waals surface area contributed by atoms with Crippen LogP contribution in [0.5, 0.6) is 5.75 Å². The number of fused-ring (bicyclic) bond motifs is 2. The number of likely N-dealkylation sites (N-methyl/N-ethyl adjacent to an activating group) is 1. The number of para-hydroxylation sites is 1. The van der Waals surface area contributed by atoms with Crippen LogP contribution in [0.4, 0.5) is 5.69 Å². The van der Waals surface area contributed by atoms with E-state index in [2.05, 4.69) is 59.4 Å². The lowest BCUT2D eigenvalue weighted by Crippen LogP contribution is -2.62. The number of amides is 2. The molecule has 1 unspecified atom stereocenters. The highest BCUT2D eigenvalue weighted by molar-refractivity contribution is 5.97. The van der Waals surface area contributed by atoms with E-state index in [-0.39, 0.29) is 42.5 Å². The Balaban J connectivity index is 1.21. The zero-order valence-electron chi connectivity index (χ0n) is 38.8. The number of aliphatic hydroxyl groups is 2. The monoisotopic (exact) mass is 869 g/mol. The van der Waals surface area contributed by atoms with Crippen LogP contribution in [-0.4, -0.2) is 148 Å². The summed E-state index contributed by atoms with van der Waals surface area (Å²) in [4.78, 5) is 41.7. The summed E-state index contributed by atoms with van der Waals surface area (Å²) >= 11 is 0. The number of rotatable bonds is 18. The van der Waals surface area contributed by atoms with E-state index < -0.39 is 24.2 Å². The third kappa shape index (κ3) is 10.7. The third-order valence-corrected chi connectivity index (χ3v) is 14.5. The first-order valence-electron chi connectivity index (χ1n) is 23.0. The average Bonchev–Trinajstić information content (AvgIpc) is 3.63. The van der Waals surface area contributed by atoms with Gasteiger partial charge in [-0.25, -0.2) is 0 Å². The average molecular weight is 869 g/mol. The maximum atomic E-state index is 14.6. The summed E-state index contributed by atoms with van der Waals surface area (Å²) in [6.45, 7) is 13.2. The first kappa shape index (κ1) is 46.9. The fourth-order valence-electron chi connectivity index (χ4n) is 10.8. The maximum absolute atomic E-state index is 14.6. The van der Waals surface area contributed by atoms with Crippen molar-refractivity contribution < 1.29 is 34.1 Å². The minimum absolute atomic E-state index is 0.0215. The summed E-state index contributed by atoms with van der Waals surface area (Å²) in [5.41, 5.74) is 5.19. The number of aliphatic hydroxyl groups excluding tert-OH is 2. The number of nitrogens with one attached hydrogen (secondary N) is 2. The molecule has 3 saturated carbocycles. The normalized spacial score (nSPS) is 26.7. The van der Waals surface area contributed by atoms with Crippen molar-refractivity contribution in [3.63, 3.8) is 0 Å². The molecule has 5 fully saturated rings. The van der Waals surface area contributed by atoms with Gasteiger partial charge in [-0.15, -0.1) is 0 Å². The van der Waals surface area contributed by atoms with Crippen LogP contribution in [-0.2, 0) is 27.3 Å². The molecule has 63 heavy (non-hydrogen) atoms. The molecular weight excluding hydrogens is 797 g/mol. The summed E-state index contributed by atoms with van der Waals surface area (Å²) in [6.07, 6.45) is 1.12. The summed E-state index contributed by atoms with van der Waals surface area (Å²) in [5, 5.41) is 30.1. The van der Waals surface area contributed by atoms with Crippen molar-refractivity contribution in [1.29, 1.82) is 0 Å². The topological polar surface area (TPSA) is 139 Å². The van der Waals surface area contributed by atoms with Crippen LogP contribution in [0, 0.1) is 29.1 Å². The van der Waals surface area contributed by atoms with E-state index in [0.29, 0.717) is 68.4 Å². The van der Waals surface area contributed by atoms with Crippen LogP contribution < -0.4 is 20.3 Å². The number of hydrogen-bond acceptors (Lipinski definition) is 11. The fourth-order valence-corrected chi connectivity index (χ4v) is 10.8. The van der Waals surface area contributed by atoms with Crippen molar-refractivity contribution in [3.05, 3.63) is 83.4 Å². The van der Waals surface area contributed by atoms with Crippen molar-refractivity contribution in [2.45, 2.75) is 83.8 Å². The lowest BCUT2D eigenvalue weighted by molar-refractivity contribution is -0.183. The molecule has 4 N–H and O–H groups in total. The highest BCUT2D eigenvalue weighted by atomic mass is 16.7. The Morgan fingerprint density at radius 1 is 1.00 bits per heavy atom. The third-order valence-electron chi connectivity index (χ3n) is 14.5. The minimum Gasteiger partial charge on any atom is -0.491 e. The molecule has 3 aromatic carbocycles. The Bertz CT molecular complexity index is 2010. The van der Waals surface area contributed by atoms with Crippen LogP contribution in [0.25, 0.3) is 11.1 Å². The fraction of sp³-hybridized carbons (Fsp3) is 0.600. The number of nitrogens with zero attached hydrogens (tertiary/aromatic N) is 4. The molecule has 3 aliphatic carbocycles. The SMILES string of the molecule is C[C@@H]1[C@@H](NC(=O)[C@@H]2[C@H]([C@H](C)O)[C@H](CO)ON2Cc2cccc(-c3cc(C(=O)NC(Cc4ccccc4)CN(C)C)cc(N(C)C)c3)c2OCCN2CCOCC2)C[C@H]2C[C@@H]1C2(C)C. The molecule has 5 aliphatic rings. The van der Waals surface area contributed by atoms with Crippen LogP contribution in [0.1, 0.15) is 62.0 Å². The molecule has 344 valence electrons. The van der Waals surface area contributed by atoms with E-state index in [1.54, 1.807) is 12.0 Å². The molecule has 3 aromatic rings. The molecule has 2 bridgehead atoms. The molecule has 0 radical (unpaired) electrons. The van der Waals surface area contributed by atoms with Crippen LogP contribution in [0.3, 0.4) is 0 Å². The van der Waals surface area contributed by atoms with Crippen molar-refractivity contribution in [1.82, 2.24) is 25.5 Å². The zero-order valence-corrected chi connectivity index (χ0v) is 38.8. The van der Waals surface area contributed by atoms with Gasteiger partial charge in [0.15, 0.2) is 0 Å². The Labute approximate surface area is 375 Å². The van der Waals surface area contributed by atoms with Gasteiger partial charge in [0.1, 0.15) is 24.5 Å². The van der Waals surface area contributed by atoms with Gasteiger partial charge >= 0.3 is 0 Å². The maximum Gasteiger partial charge on any atom is 0.251 e. The molecule has 13 heteroatoms. The number of hydrogen-bond donors (Lipinski definition) is 4. The number of morpholine rings is 1. The zero-order chi connectivity index (χ0) is 45.0. The number of ether oxygens (including phenoxy) is 2. The van der Waals surface area contributed by atoms with Gasteiger partial charge in [0.2, 0.25) is 5.91 Å². The molecule has 8 rings (SSSR count). The quantitative estimate of drug-likeness (QED) is 0.142. The molecule has 2 saturated heterocycles. The van der Waals surface area contributed by atoms with Crippen molar-refractivity contribution in [2.24, 2.45) is 29.1 Å². The highest BCUT2D eigenvalue weighted by Gasteiger charge is 2.57. The van der Waals surface area contributed by atoms with E-state index in [1.165, 1.54) is 6.42 Å². The van der Waals surface area contributed by atoms with Gasteiger partial charge in [0.25, 0.3) is 5.91 Å². The lowest BCUT2D eigenvalue weighted by Gasteiger charge is -2.62. The van der Waals surface area contributed by atoms with Gasteiger partial charge in [-0.05, 0) is 92.8 Å². The van der Waals surface area contributed by atoms with Gasteiger partial charge in [0, 0.05) is 80.7 Å². The number of anilines is 1. The van der Waals surface area contributed by atoms with Crippen LogP contribution in [0.2, 0.25) is 0 Å². The summed E-state index contributed by atoms with van der Waals surface area (Å²) in [6, 6.07) is 21.1. The second-order valence-electron chi connectivity index (χ2n) is 19.6. The van der Waals surface area contributed by atoms with Crippen molar-refractivity contribution in [2.75, 3.05) is 85.7 Å². The Kier molecular flexibility index (Phi) is 15.2. The van der Waals surface area contributed by atoms with E-state index in [9.17, 15) is 19.8 Å². The Hall–Kier alpha value is -4.08. The first-order valence-corrected chi connectivity index (χ1v) is 23.0. The highest BCUT2D eigenvalue weighted by Crippen LogP contribution is 2.61. The minimum atomic E-state index is -0.919. The molecule has 0 aromatic heterocycles. The molecule has 2 amide bonds. The second-order valence-corrected chi connectivity index (χ2v) is 19.6. The number of carbonyl (C=O) groups excluding carboxylic acids is 2. The van der Waals surface area contributed by atoms with Crippen LogP contribution in [0.15, 0.2) is 66.7 Å². The summed E-state index contributed by atoms with van der Waals surface area (Å²) < 4.78 is 12.4. The molecule has 0 spiro atoms. The Morgan fingerprint density at radius 2 is 1.75 bits per heavy atom. The predicted molar refractivity (Wildman–Crippen MR) is 246 cm³/mol. The van der Waals surface area contributed by atoms with Crippen molar-refractivity contribution >= 4 is 17.5 Å². The van der Waals surface area contributed by atoms with Gasteiger partial charge in [-0.2, -0.15) is 5.06 Å². The van der Waals surface area contributed by atoms with Gasteiger partial charge in [-0.3, -0.25) is 19.3 Å². The Morgan fingerprint density at radius 3 is 2.40 bits per heavy atom. The molecule has 2 aliphatic heterocycles. The molecule has 9 atom stereocenters. The second kappa shape index (κ2) is 20.4. The molecule has 2 heterocycles. The summed E-state index contributed by atoms with van der Waals surface area (Å²) in [5.74, 6) is 1.01. The van der Waals surface area contributed by atoms with Crippen molar-refractivity contribution in [3.8, 4) is 16.9 Å². The standard InChI is InChI=1S/C50H72N6O7/c1-32-42-27-38(50(42,3)4)28-43(32)52-49(60)46-45(33(2)58)44(31-57)63-56(46)29-35-15-12-16-41(47(35)62-22-19-55-17-20-61-21-18-55)36-24-37(26-40(25-36)54(7)8)48(59)51-39(30-53(5)6)23-34-13-10-9-11-14-34/h9-16,24-26,32-33,38-39,42-46,57-58H,17-23,27-31H2,1-8H3,(H,51,59)(H,52,60)/t32-,33-,38+,39?,42-,43-,44-,45+,46-/m0/s1. The van der Waals surface area contributed by atoms with Gasteiger partial charge in [-0.1, -0.05) is 69.3 Å². The van der Waals surface area contributed by atoms with E-state index in [0.717, 1.165) is 47.5 Å². The van der Waals surface area contributed by atoms with Gasteiger partial charge in [0.05, 0.1) is 32.5 Å².